The van der Waals surface area contributed by atoms with E-state index < -0.39 is 0 Å². The number of nitrogens with one attached hydrogen (secondary N) is 1. The van der Waals surface area contributed by atoms with Crippen molar-refractivity contribution in [1.82, 2.24) is 15.2 Å². The molecule has 2 fully saturated rings. The van der Waals surface area contributed by atoms with E-state index in [1.165, 1.54) is 10.4 Å². The van der Waals surface area contributed by atoms with Crippen molar-refractivity contribution in [3.8, 4) is 0 Å². The summed E-state index contributed by atoms with van der Waals surface area (Å²) >= 11 is 1.67. The van der Waals surface area contributed by atoms with Gasteiger partial charge in [-0.05, 0) is 68.5 Å². The molecule has 1 atom stereocenters. The smallest absolute Gasteiger partial charge is 0.264 e. The number of likely N-dealkylation sites (tertiary alicyclic amines) is 1. The highest BCUT2D eigenvalue weighted by atomic mass is 35.5. The largest absolute Gasteiger partial charge is 0.369 e. The van der Waals surface area contributed by atoms with Gasteiger partial charge < -0.3 is 15.0 Å². The SMILES string of the molecule is Cl.Cl.O=C(c1cc2c(s1)C1(CCNCC1)OCC2)N1CCCC1c1cccnc1. The zero-order valence-electron chi connectivity index (χ0n) is 16.3. The molecule has 1 amide bonds. The Morgan fingerprint density at radius 1 is 1.31 bits per heavy atom. The molecular formula is C21H27Cl2N3O2S. The minimum absolute atomic E-state index is 0. The van der Waals surface area contributed by atoms with Gasteiger partial charge in [0.1, 0.15) is 5.60 Å². The Morgan fingerprint density at radius 3 is 2.90 bits per heavy atom. The van der Waals surface area contributed by atoms with Crippen molar-refractivity contribution in [1.29, 1.82) is 0 Å². The van der Waals surface area contributed by atoms with Gasteiger partial charge >= 0.3 is 0 Å². The Bertz CT molecular complexity index is 840. The Morgan fingerprint density at radius 2 is 2.14 bits per heavy atom. The molecule has 5 rings (SSSR count). The van der Waals surface area contributed by atoms with E-state index in [2.05, 4.69) is 22.4 Å². The lowest BCUT2D eigenvalue weighted by Crippen LogP contribution is -2.43. The number of nitrogens with zero attached hydrogens (tertiary/aromatic N) is 2. The van der Waals surface area contributed by atoms with Gasteiger partial charge in [0, 0.05) is 23.8 Å². The molecule has 0 aliphatic carbocycles. The molecule has 2 saturated heterocycles. The fourth-order valence-electron chi connectivity index (χ4n) is 4.80. The third kappa shape index (κ3) is 4.06. The number of aromatic nitrogens is 1. The molecule has 1 unspecified atom stereocenters. The van der Waals surface area contributed by atoms with Gasteiger partial charge in [0.25, 0.3) is 5.91 Å². The van der Waals surface area contributed by atoms with Crippen LogP contribution >= 0.6 is 36.2 Å². The second-order valence-electron chi connectivity index (χ2n) is 7.75. The fraction of sp³-hybridized carbons (Fsp3) is 0.524. The third-order valence-electron chi connectivity index (χ3n) is 6.18. The van der Waals surface area contributed by atoms with Crippen LogP contribution in [0.15, 0.2) is 30.6 Å². The number of hydrogen-bond donors (Lipinski definition) is 1. The van der Waals surface area contributed by atoms with Crippen LogP contribution in [0.3, 0.4) is 0 Å². The monoisotopic (exact) mass is 455 g/mol. The first-order valence-electron chi connectivity index (χ1n) is 9.96. The molecule has 5 heterocycles. The van der Waals surface area contributed by atoms with E-state index in [0.717, 1.165) is 68.8 Å². The van der Waals surface area contributed by atoms with E-state index in [4.69, 9.17) is 4.74 Å². The average Bonchev–Trinajstić information content (AvgIpc) is 3.37. The lowest BCUT2D eigenvalue weighted by molar-refractivity contribution is -0.0771. The third-order valence-corrected chi connectivity index (χ3v) is 7.53. The van der Waals surface area contributed by atoms with Gasteiger partial charge in [0.05, 0.1) is 17.5 Å². The number of rotatable bonds is 2. The summed E-state index contributed by atoms with van der Waals surface area (Å²) in [6, 6.07) is 6.33. The van der Waals surface area contributed by atoms with Crippen molar-refractivity contribution in [2.75, 3.05) is 26.2 Å². The van der Waals surface area contributed by atoms with Crippen molar-refractivity contribution < 1.29 is 9.53 Å². The summed E-state index contributed by atoms with van der Waals surface area (Å²) < 4.78 is 6.28. The molecule has 29 heavy (non-hydrogen) atoms. The number of carbonyl (C=O) groups excluding carboxylic acids is 1. The first-order chi connectivity index (χ1) is 13.3. The average molecular weight is 456 g/mol. The van der Waals surface area contributed by atoms with E-state index in [9.17, 15) is 4.79 Å². The number of halogens is 2. The number of carbonyl (C=O) groups is 1. The molecule has 3 aliphatic rings. The summed E-state index contributed by atoms with van der Waals surface area (Å²) in [5, 5.41) is 3.43. The van der Waals surface area contributed by atoms with E-state index in [1.54, 1.807) is 17.5 Å². The summed E-state index contributed by atoms with van der Waals surface area (Å²) in [5.41, 5.74) is 2.30. The molecule has 158 valence electrons. The molecule has 0 aromatic carbocycles. The van der Waals surface area contributed by atoms with Crippen LogP contribution in [-0.2, 0) is 16.8 Å². The maximum atomic E-state index is 13.4. The number of fused-ring (bicyclic) bond motifs is 2. The van der Waals surface area contributed by atoms with Gasteiger partial charge in [0.15, 0.2) is 0 Å². The Balaban J connectivity index is 0.00000120. The van der Waals surface area contributed by atoms with Gasteiger partial charge in [-0.25, -0.2) is 0 Å². The van der Waals surface area contributed by atoms with Gasteiger partial charge in [-0.2, -0.15) is 0 Å². The maximum absolute atomic E-state index is 13.4. The van der Waals surface area contributed by atoms with Crippen molar-refractivity contribution in [2.24, 2.45) is 0 Å². The molecule has 3 aliphatic heterocycles. The second kappa shape index (κ2) is 9.31. The highest BCUT2D eigenvalue weighted by Gasteiger charge is 2.42. The quantitative estimate of drug-likeness (QED) is 0.739. The van der Waals surface area contributed by atoms with Crippen LogP contribution < -0.4 is 5.32 Å². The first kappa shape index (κ1) is 22.5. The van der Waals surface area contributed by atoms with Crippen LogP contribution in [0, 0.1) is 0 Å². The van der Waals surface area contributed by atoms with Crippen LogP contribution in [-0.4, -0.2) is 42.0 Å². The number of piperidine rings is 1. The van der Waals surface area contributed by atoms with Crippen LogP contribution in [0.2, 0.25) is 0 Å². The molecule has 2 aromatic rings. The number of thiophene rings is 1. The highest BCUT2D eigenvalue weighted by Crippen LogP contribution is 2.45. The lowest BCUT2D eigenvalue weighted by atomic mass is 9.86. The van der Waals surface area contributed by atoms with Gasteiger partial charge in [-0.3, -0.25) is 9.78 Å². The Kier molecular flexibility index (Phi) is 7.23. The Hall–Kier alpha value is -1.18. The van der Waals surface area contributed by atoms with Gasteiger partial charge in [0.2, 0.25) is 0 Å². The molecule has 8 heteroatoms. The highest BCUT2D eigenvalue weighted by molar-refractivity contribution is 7.14. The predicted molar refractivity (Wildman–Crippen MR) is 120 cm³/mol. The molecule has 2 aromatic heterocycles. The topological polar surface area (TPSA) is 54.5 Å². The summed E-state index contributed by atoms with van der Waals surface area (Å²) in [4.78, 5) is 21.9. The first-order valence-corrected chi connectivity index (χ1v) is 10.8. The number of amides is 1. The number of pyridine rings is 1. The van der Waals surface area contributed by atoms with E-state index >= 15 is 0 Å². The van der Waals surface area contributed by atoms with Crippen LogP contribution in [0.1, 0.15) is 57.4 Å². The summed E-state index contributed by atoms with van der Waals surface area (Å²) in [6.07, 6.45) is 8.66. The Labute approximate surface area is 188 Å². The molecule has 0 radical (unpaired) electrons. The van der Waals surface area contributed by atoms with Crippen molar-refractivity contribution >= 4 is 42.1 Å². The van der Waals surface area contributed by atoms with E-state index in [-0.39, 0.29) is 42.4 Å². The minimum Gasteiger partial charge on any atom is -0.369 e. The predicted octanol–water partition coefficient (Wildman–Crippen LogP) is 4.12. The summed E-state index contributed by atoms with van der Waals surface area (Å²) in [6.45, 7) is 3.55. The summed E-state index contributed by atoms with van der Waals surface area (Å²) in [5.74, 6) is 0.171. The molecule has 0 bridgehead atoms. The normalized spacial score (nSPS) is 22.5. The van der Waals surface area contributed by atoms with Crippen LogP contribution in [0.5, 0.6) is 0 Å². The fourth-order valence-corrected chi connectivity index (χ4v) is 6.17. The van der Waals surface area contributed by atoms with Crippen molar-refractivity contribution in [3.05, 3.63) is 51.5 Å². The zero-order valence-corrected chi connectivity index (χ0v) is 18.7. The second-order valence-corrected chi connectivity index (χ2v) is 8.80. The number of hydrogen-bond acceptors (Lipinski definition) is 5. The van der Waals surface area contributed by atoms with Gasteiger partial charge in [-0.1, -0.05) is 6.07 Å². The number of ether oxygens (including phenoxy) is 1. The molecular weight excluding hydrogens is 429 g/mol. The zero-order chi connectivity index (χ0) is 18.3. The van der Waals surface area contributed by atoms with E-state index in [0.29, 0.717) is 0 Å². The molecule has 1 spiro atoms. The maximum Gasteiger partial charge on any atom is 0.264 e. The minimum atomic E-state index is -0.171. The van der Waals surface area contributed by atoms with E-state index in [1.807, 2.05) is 17.2 Å². The molecule has 1 N–H and O–H groups in total. The van der Waals surface area contributed by atoms with Crippen LogP contribution in [0.4, 0.5) is 0 Å². The van der Waals surface area contributed by atoms with Crippen molar-refractivity contribution in [2.45, 2.75) is 43.7 Å². The standard InChI is InChI=1S/C21H25N3O2S.2ClH/c25-20(24-11-2-4-17(24)16-3-1-8-23-14-16)18-13-15-5-12-26-21(19(15)27-18)6-9-22-10-7-21;;/h1,3,8,13-14,17,22H,2,4-7,9-12H2;2*1H. The summed E-state index contributed by atoms with van der Waals surface area (Å²) in [7, 11) is 0. The lowest BCUT2D eigenvalue weighted by Gasteiger charge is -2.40. The molecule has 5 nitrogen and oxygen atoms in total. The van der Waals surface area contributed by atoms with Crippen LogP contribution in [0.25, 0.3) is 0 Å². The van der Waals surface area contributed by atoms with Crippen molar-refractivity contribution in [3.63, 3.8) is 0 Å². The molecule has 0 saturated carbocycles. The van der Waals surface area contributed by atoms with Gasteiger partial charge in [-0.15, -0.1) is 36.2 Å².